The molecule has 0 spiro atoms. The molecule has 0 saturated carbocycles. The second-order valence-electron chi connectivity index (χ2n) is 5.06. The molecule has 0 atom stereocenters. The van der Waals surface area contributed by atoms with E-state index in [0.717, 1.165) is 0 Å². The van der Waals surface area contributed by atoms with Crippen LogP contribution in [0.25, 0.3) is 0 Å². The van der Waals surface area contributed by atoms with Crippen LogP contribution in [0.3, 0.4) is 0 Å². The summed E-state index contributed by atoms with van der Waals surface area (Å²) in [7, 11) is -4.74. The Kier molecular flexibility index (Phi) is 7.41. The number of hydrogen-bond acceptors (Lipinski definition) is 7. The number of phosphoric acid groups is 1. The highest BCUT2D eigenvalue weighted by Crippen LogP contribution is 2.39. The number of pyridine rings is 1. The molecule has 6 N–H and O–H groups in total. The Hall–Kier alpha value is -3.05. The second kappa shape index (κ2) is 9.76. The molecule has 0 radical (unpaired) electrons. The summed E-state index contributed by atoms with van der Waals surface area (Å²) in [5.41, 5.74) is 8.51. The predicted molar refractivity (Wildman–Crippen MR) is 105 cm³/mol. The molecule has 0 bridgehead atoms. The number of benzene rings is 1. The van der Waals surface area contributed by atoms with Crippen LogP contribution in [0.4, 0.5) is 10.5 Å². The van der Waals surface area contributed by atoms with Gasteiger partial charge >= 0.3 is 13.9 Å². The van der Waals surface area contributed by atoms with E-state index >= 15 is 0 Å². The number of hydrazone groups is 1. The monoisotopic (exact) mass is 425 g/mol. The number of ether oxygens (including phenoxy) is 1. The molecule has 1 aromatic heterocycles. The van der Waals surface area contributed by atoms with Crippen molar-refractivity contribution < 1.29 is 28.4 Å². The maximum atomic E-state index is 12.1. The first kappa shape index (κ1) is 21.3. The molecule has 0 saturated heterocycles. The normalized spacial score (nSPS) is 11.1. The zero-order valence-electron chi connectivity index (χ0n) is 14.2. The Bertz CT molecular complexity index is 935. The smallest absolute Gasteiger partial charge is 0.444 e. The number of thiocarbonyl (C=S) groups is 1. The average Bonchev–Trinajstić information content (AvgIpc) is 2.61. The van der Waals surface area contributed by atoms with Crippen LogP contribution in [0, 0.1) is 0 Å². The zero-order chi connectivity index (χ0) is 20.6. The van der Waals surface area contributed by atoms with E-state index in [0.29, 0.717) is 11.4 Å². The van der Waals surface area contributed by atoms with Gasteiger partial charge in [-0.3, -0.25) is 25.5 Å². The molecule has 11 nitrogen and oxygen atoms in total. The Morgan fingerprint density at radius 1 is 1.32 bits per heavy atom. The number of carbonyl (C=O) groups is 1. The largest absolute Gasteiger partial charge is 0.524 e. The number of carbonyl (C=O) groups excluding carboxylic acids is 1. The first-order chi connectivity index (χ1) is 13.2. The number of nitrogens with two attached hydrogens (primary N) is 1. The van der Waals surface area contributed by atoms with Crippen LogP contribution in [-0.4, -0.2) is 32.2 Å². The van der Waals surface area contributed by atoms with Crippen molar-refractivity contribution in [2.45, 2.75) is 6.61 Å². The minimum Gasteiger partial charge on any atom is -0.444 e. The minimum atomic E-state index is -4.74. The van der Waals surface area contributed by atoms with Crippen LogP contribution in [0.15, 0.2) is 47.7 Å². The number of para-hydroxylation sites is 1. The first-order valence-corrected chi connectivity index (χ1v) is 9.49. The standard InChI is InChI=1S/C15H16N5O6PS/c16-14(28)20-18-8-12-11(5-3-7-17-12)19-15(21)25-9-10-4-1-2-6-13(10)26-27(22,23)24/h1-8H,9H2,(H,19,21)(H3,16,20,28)(H2,22,23,24). The number of nitrogens with one attached hydrogen (secondary N) is 2. The van der Waals surface area contributed by atoms with Crippen molar-refractivity contribution >= 4 is 43.1 Å². The van der Waals surface area contributed by atoms with Gasteiger partial charge in [0.2, 0.25) is 0 Å². The molecule has 28 heavy (non-hydrogen) atoms. The zero-order valence-corrected chi connectivity index (χ0v) is 15.9. The molecule has 2 aromatic rings. The summed E-state index contributed by atoms with van der Waals surface area (Å²) in [6.07, 6.45) is 1.97. The molecule has 148 valence electrons. The summed E-state index contributed by atoms with van der Waals surface area (Å²) < 4.78 is 20.6. The van der Waals surface area contributed by atoms with Crippen LogP contribution in [0.2, 0.25) is 0 Å². The molecule has 0 aliphatic carbocycles. The van der Waals surface area contributed by atoms with E-state index < -0.39 is 13.9 Å². The van der Waals surface area contributed by atoms with Crippen LogP contribution < -0.4 is 21.0 Å². The summed E-state index contributed by atoms with van der Waals surface area (Å²) in [5.74, 6) is -0.0957. The van der Waals surface area contributed by atoms with Crippen molar-refractivity contribution in [1.82, 2.24) is 10.4 Å². The quantitative estimate of drug-likeness (QED) is 0.189. The van der Waals surface area contributed by atoms with E-state index in [1.54, 1.807) is 18.2 Å². The molecule has 13 heteroatoms. The number of phosphoric ester groups is 1. The van der Waals surface area contributed by atoms with Crippen molar-refractivity contribution in [3.63, 3.8) is 0 Å². The molecule has 0 aliphatic heterocycles. The Morgan fingerprint density at radius 2 is 2.07 bits per heavy atom. The number of nitrogens with zero attached hydrogens (tertiary/aromatic N) is 2. The third kappa shape index (κ3) is 7.29. The molecule has 0 aliphatic rings. The van der Waals surface area contributed by atoms with Gasteiger partial charge in [-0.1, -0.05) is 18.2 Å². The van der Waals surface area contributed by atoms with Crippen LogP contribution in [0.1, 0.15) is 11.3 Å². The van der Waals surface area contributed by atoms with E-state index in [4.69, 9.17) is 20.3 Å². The summed E-state index contributed by atoms with van der Waals surface area (Å²) >= 11 is 4.62. The van der Waals surface area contributed by atoms with Gasteiger partial charge in [-0.05, 0) is 30.4 Å². The number of anilines is 1. The SMILES string of the molecule is NC(=S)NN=Cc1ncccc1NC(=O)OCc1ccccc1OP(=O)(O)O. The molecular weight excluding hydrogens is 409 g/mol. The average molecular weight is 425 g/mol. The van der Waals surface area contributed by atoms with E-state index in [1.165, 1.54) is 30.6 Å². The van der Waals surface area contributed by atoms with Crippen LogP contribution in [-0.2, 0) is 15.9 Å². The Labute approximate surface area is 164 Å². The molecular formula is C15H16N5O6PS. The fraction of sp³-hybridized carbons (Fsp3) is 0.0667. The highest BCUT2D eigenvalue weighted by molar-refractivity contribution is 7.80. The van der Waals surface area contributed by atoms with Gasteiger partial charge in [0.25, 0.3) is 0 Å². The van der Waals surface area contributed by atoms with Crippen molar-refractivity contribution in [1.29, 1.82) is 0 Å². The van der Waals surface area contributed by atoms with Gasteiger partial charge in [-0.2, -0.15) is 5.10 Å². The van der Waals surface area contributed by atoms with Gasteiger partial charge in [-0.15, -0.1) is 0 Å². The van der Waals surface area contributed by atoms with Crippen LogP contribution >= 0.6 is 20.0 Å². The van der Waals surface area contributed by atoms with Gasteiger partial charge < -0.3 is 15.0 Å². The third-order valence-corrected chi connectivity index (χ3v) is 3.51. The van der Waals surface area contributed by atoms with Gasteiger partial charge in [0.1, 0.15) is 18.1 Å². The predicted octanol–water partition coefficient (Wildman–Crippen LogP) is 1.47. The first-order valence-electron chi connectivity index (χ1n) is 7.55. The highest BCUT2D eigenvalue weighted by Gasteiger charge is 2.18. The number of amides is 1. The molecule has 0 unspecified atom stereocenters. The van der Waals surface area contributed by atoms with Crippen molar-refractivity contribution in [2.75, 3.05) is 5.32 Å². The Balaban J connectivity index is 2.02. The summed E-state index contributed by atoms with van der Waals surface area (Å²) in [6, 6.07) is 9.14. The van der Waals surface area contributed by atoms with Gasteiger partial charge in [0.15, 0.2) is 5.11 Å². The van der Waals surface area contributed by atoms with E-state index in [9.17, 15) is 9.36 Å². The lowest BCUT2D eigenvalue weighted by Gasteiger charge is -2.12. The summed E-state index contributed by atoms with van der Waals surface area (Å²) in [4.78, 5) is 34.0. The van der Waals surface area contributed by atoms with E-state index in [-0.39, 0.29) is 23.0 Å². The maximum Gasteiger partial charge on any atom is 0.524 e. The van der Waals surface area contributed by atoms with Gasteiger partial charge in [-0.25, -0.2) is 9.36 Å². The van der Waals surface area contributed by atoms with E-state index in [1.807, 2.05) is 0 Å². The lowest BCUT2D eigenvalue weighted by Crippen LogP contribution is -2.24. The van der Waals surface area contributed by atoms with Crippen molar-refractivity contribution in [3.8, 4) is 5.75 Å². The van der Waals surface area contributed by atoms with Crippen LogP contribution in [0.5, 0.6) is 5.75 Å². The van der Waals surface area contributed by atoms with Crippen molar-refractivity contribution in [2.24, 2.45) is 10.8 Å². The van der Waals surface area contributed by atoms with Crippen molar-refractivity contribution in [3.05, 3.63) is 53.9 Å². The summed E-state index contributed by atoms with van der Waals surface area (Å²) in [6.45, 7) is -0.283. The number of hydrogen-bond donors (Lipinski definition) is 5. The number of rotatable bonds is 7. The third-order valence-electron chi connectivity index (χ3n) is 2.99. The lowest BCUT2D eigenvalue weighted by atomic mass is 10.2. The van der Waals surface area contributed by atoms with E-state index in [2.05, 4.69) is 37.6 Å². The topological polar surface area (TPSA) is 168 Å². The molecule has 1 amide bonds. The Morgan fingerprint density at radius 3 is 2.79 bits per heavy atom. The second-order valence-corrected chi connectivity index (χ2v) is 6.66. The fourth-order valence-electron chi connectivity index (χ4n) is 1.91. The van der Waals surface area contributed by atoms with Gasteiger partial charge in [0, 0.05) is 11.8 Å². The lowest BCUT2D eigenvalue weighted by molar-refractivity contribution is 0.154. The summed E-state index contributed by atoms with van der Waals surface area (Å²) in [5, 5.41) is 6.22. The fourth-order valence-corrected chi connectivity index (χ4v) is 2.40. The molecule has 1 aromatic carbocycles. The maximum absolute atomic E-state index is 12.1. The minimum absolute atomic E-state index is 0.0303. The number of aromatic nitrogens is 1. The highest BCUT2D eigenvalue weighted by atomic mass is 32.1. The van der Waals surface area contributed by atoms with Gasteiger partial charge in [0.05, 0.1) is 11.9 Å². The molecule has 0 fully saturated rings. The molecule has 1 heterocycles. The molecule has 2 rings (SSSR count).